The molecule has 0 aliphatic carbocycles. The van der Waals surface area contributed by atoms with Gasteiger partial charge in [-0.2, -0.15) is 4.31 Å². The fourth-order valence-electron chi connectivity index (χ4n) is 5.26. The number of sulfonamides is 1. The number of imide groups is 1. The van der Waals surface area contributed by atoms with Gasteiger partial charge < -0.3 is 14.5 Å². The predicted molar refractivity (Wildman–Crippen MR) is 119 cm³/mol. The molecule has 0 spiro atoms. The smallest absolute Gasteiger partial charge is 0.255 e. The molecule has 1 aromatic carbocycles. The lowest BCUT2D eigenvalue weighted by molar-refractivity contribution is -0.136. The van der Waals surface area contributed by atoms with Gasteiger partial charge >= 0.3 is 0 Å². The van der Waals surface area contributed by atoms with Gasteiger partial charge in [0.15, 0.2) is 0 Å². The molecule has 5 rings (SSSR count). The summed E-state index contributed by atoms with van der Waals surface area (Å²) in [5.41, 5.74) is 1.37. The van der Waals surface area contributed by atoms with Crippen molar-refractivity contribution in [2.75, 3.05) is 44.3 Å². The summed E-state index contributed by atoms with van der Waals surface area (Å²) in [6.45, 7) is 2.30. The van der Waals surface area contributed by atoms with Crippen LogP contribution in [0.4, 0.5) is 10.1 Å². The fourth-order valence-corrected chi connectivity index (χ4v) is 7.14. The second-order valence-corrected chi connectivity index (χ2v) is 11.3. The van der Waals surface area contributed by atoms with Gasteiger partial charge in [0.2, 0.25) is 21.8 Å². The fraction of sp³-hybridized carbons (Fsp3) is 0.591. The molecule has 12 heteroatoms. The molecule has 3 fully saturated rings. The van der Waals surface area contributed by atoms with Gasteiger partial charge in [-0.05, 0) is 31.4 Å². The molecule has 10 nitrogen and oxygen atoms in total. The molecule has 1 N–H and O–H groups in total. The first-order valence-corrected chi connectivity index (χ1v) is 13.0. The van der Waals surface area contributed by atoms with Gasteiger partial charge in [0.05, 0.1) is 5.25 Å². The number of carbonyl (C=O) groups is 3. The van der Waals surface area contributed by atoms with E-state index in [0.717, 1.165) is 0 Å². The Hall–Kier alpha value is -2.57. The molecule has 3 saturated heterocycles. The van der Waals surface area contributed by atoms with Gasteiger partial charge in [0.25, 0.3) is 5.91 Å². The highest BCUT2D eigenvalue weighted by molar-refractivity contribution is 7.89. The Bertz CT molecular complexity index is 1130. The van der Waals surface area contributed by atoms with Crippen LogP contribution < -0.4 is 10.2 Å². The summed E-state index contributed by atoms with van der Waals surface area (Å²) in [4.78, 5) is 40.2. The summed E-state index contributed by atoms with van der Waals surface area (Å²) in [7, 11) is -3.43. The Morgan fingerprint density at radius 2 is 1.71 bits per heavy atom. The number of fused-ring (bicyclic) bond motifs is 1. The number of hydrogen-bond acceptors (Lipinski definition) is 7. The zero-order valence-corrected chi connectivity index (χ0v) is 19.5. The highest BCUT2D eigenvalue weighted by Gasteiger charge is 2.41. The van der Waals surface area contributed by atoms with E-state index in [2.05, 4.69) is 5.32 Å². The molecule has 0 bridgehead atoms. The van der Waals surface area contributed by atoms with E-state index in [1.165, 1.54) is 21.3 Å². The topological polar surface area (TPSA) is 116 Å². The van der Waals surface area contributed by atoms with Crippen LogP contribution in [0.1, 0.15) is 41.6 Å². The number of amides is 3. The number of anilines is 1. The molecule has 0 aromatic heterocycles. The minimum Gasteiger partial charge on any atom is -0.381 e. The van der Waals surface area contributed by atoms with Crippen LogP contribution in [0.3, 0.4) is 0 Å². The Morgan fingerprint density at radius 3 is 2.38 bits per heavy atom. The van der Waals surface area contributed by atoms with Crippen molar-refractivity contribution in [2.45, 2.75) is 43.5 Å². The molecule has 4 aliphatic heterocycles. The molecule has 1 unspecified atom stereocenters. The van der Waals surface area contributed by atoms with E-state index in [9.17, 15) is 27.2 Å². The van der Waals surface area contributed by atoms with E-state index >= 15 is 0 Å². The van der Waals surface area contributed by atoms with Crippen LogP contribution in [0, 0.1) is 5.82 Å². The van der Waals surface area contributed by atoms with E-state index in [1.54, 1.807) is 0 Å². The van der Waals surface area contributed by atoms with Gasteiger partial charge in [-0.25, -0.2) is 12.8 Å². The minimum atomic E-state index is -3.43. The highest BCUT2D eigenvalue weighted by atomic mass is 32.2. The second kappa shape index (κ2) is 8.90. The number of halogens is 1. The summed E-state index contributed by atoms with van der Waals surface area (Å²) in [6.07, 6.45) is 1.34. The van der Waals surface area contributed by atoms with Crippen molar-refractivity contribution >= 4 is 33.4 Å². The van der Waals surface area contributed by atoms with Crippen LogP contribution in [-0.2, 0) is 30.9 Å². The average Bonchev–Trinajstić information content (AvgIpc) is 3.15. The van der Waals surface area contributed by atoms with Crippen LogP contribution >= 0.6 is 0 Å². The standard InChI is InChI=1S/C22H27FN4O6S/c23-14-11-16-17(13-27(22(16)30)18-1-2-20(28)24-21(18)29)19(12-14)25-5-7-26(8-6-25)34(31,32)15-3-9-33-10-4-15/h11-12,15,18H,1-10,13H2,(H,24,28,29). The number of piperazine rings is 1. The number of hydrogen-bond donors (Lipinski definition) is 1. The average molecular weight is 495 g/mol. The maximum absolute atomic E-state index is 14.5. The van der Waals surface area contributed by atoms with Crippen molar-refractivity contribution < 1.29 is 31.9 Å². The van der Waals surface area contributed by atoms with E-state index in [1.807, 2.05) is 4.90 Å². The summed E-state index contributed by atoms with van der Waals surface area (Å²) >= 11 is 0. The van der Waals surface area contributed by atoms with Crippen LogP contribution in [-0.4, -0.2) is 86.0 Å². The van der Waals surface area contributed by atoms with E-state index in [0.29, 0.717) is 50.4 Å². The summed E-state index contributed by atoms with van der Waals surface area (Å²) in [6, 6.07) is 1.76. The molecular formula is C22H27FN4O6S. The van der Waals surface area contributed by atoms with Crippen molar-refractivity contribution in [3.8, 4) is 0 Å². The molecule has 0 saturated carbocycles. The molecule has 4 aliphatic rings. The number of nitrogens with zero attached hydrogens (tertiary/aromatic N) is 3. The zero-order chi connectivity index (χ0) is 24.0. The molecule has 34 heavy (non-hydrogen) atoms. The normalized spacial score (nSPS) is 25.0. The first-order valence-electron chi connectivity index (χ1n) is 11.5. The van der Waals surface area contributed by atoms with Gasteiger partial charge in [0.1, 0.15) is 11.9 Å². The van der Waals surface area contributed by atoms with Crippen LogP contribution in [0.5, 0.6) is 0 Å². The van der Waals surface area contributed by atoms with Gasteiger partial charge in [0, 0.05) is 69.2 Å². The van der Waals surface area contributed by atoms with E-state index in [4.69, 9.17) is 4.74 Å². The molecule has 1 aromatic rings. The Labute approximate surface area is 197 Å². The number of piperidine rings is 1. The highest BCUT2D eigenvalue weighted by Crippen LogP contribution is 2.36. The van der Waals surface area contributed by atoms with Crippen LogP contribution in [0.25, 0.3) is 0 Å². The van der Waals surface area contributed by atoms with Gasteiger partial charge in [-0.15, -0.1) is 0 Å². The SMILES string of the molecule is O=C1CCC(N2Cc3c(cc(F)cc3N3CCN(S(=O)(=O)C4CCOCC4)CC3)C2=O)C(=O)N1. The first kappa shape index (κ1) is 23.2. The van der Waals surface area contributed by atoms with Gasteiger partial charge in [-0.3, -0.25) is 19.7 Å². The molecule has 1 atom stereocenters. The van der Waals surface area contributed by atoms with Crippen molar-refractivity contribution in [2.24, 2.45) is 0 Å². The predicted octanol–water partition coefficient (Wildman–Crippen LogP) is 0.218. The number of ether oxygens (including phenoxy) is 1. The van der Waals surface area contributed by atoms with Crippen molar-refractivity contribution in [1.29, 1.82) is 0 Å². The van der Waals surface area contributed by atoms with Crippen LogP contribution in [0.2, 0.25) is 0 Å². The molecular weight excluding hydrogens is 467 g/mol. The second-order valence-electron chi connectivity index (χ2n) is 9.09. The third kappa shape index (κ3) is 4.07. The first-order chi connectivity index (χ1) is 16.3. The zero-order valence-electron chi connectivity index (χ0n) is 18.7. The quantitative estimate of drug-likeness (QED) is 0.595. The summed E-state index contributed by atoms with van der Waals surface area (Å²) in [5, 5.41) is 1.82. The number of benzene rings is 1. The third-order valence-corrected chi connectivity index (χ3v) is 9.52. The van der Waals surface area contributed by atoms with Gasteiger partial charge in [-0.1, -0.05) is 0 Å². The maximum Gasteiger partial charge on any atom is 0.255 e. The maximum atomic E-state index is 14.5. The Balaban J connectivity index is 1.33. The van der Waals surface area contributed by atoms with Crippen molar-refractivity contribution in [3.05, 3.63) is 29.1 Å². The Kier molecular flexibility index (Phi) is 6.07. The van der Waals surface area contributed by atoms with Crippen LogP contribution in [0.15, 0.2) is 12.1 Å². The van der Waals surface area contributed by atoms with Crippen molar-refractivity contribution in [1.82, 2.24) is 14.5 Å². The molecule has 0 radical (unpaired) electrons. The third-order valence-electron chi connectivity index (χ3n) is 7.13. The van der Waals surface area contributed by atoms with Crippen molar-refractivity contribution in [3.63, 3.8) is 0 Å². The number of nitrogens with one attached hydrogen (secondary N) is 1. The summed E-state index contributed by atoms with van der Waals surface area (Å²) < 4.78 is 47.3. The van der Waals surface area contributed by atoms with E-state index in [-0.39, 0.29) is 43.9 Å². The summed E-state index contributed by atoms with van der Waals surface area (Å²) in [5.74, 6) is -1.90. The molecule has 4 heterocycles. The lowest BCUT2D eigenvalue weighted by Crippen LogP contribution is -2.52. The minimum absolute atomic E-state index is 0.136. The largest absolute Gasteiger partial charge is 0.381 e. The molecule has 3 amide bonds. The lowest BCUT2D eigenvalue weighted by atomic mass is 10.0. The molecule has 184 valence electrons. The monoisotopic (exact) mass is 494 g/mol. The van der Waals surface area contributed by atoms with E-state index < -0.39 is 38.9 Å². The number of rotatable bonds is 4. The Morgan fingerprint density at radius 1 is 1.00 bits per heavy atom. The number of carbonyl (C=O) groups excluding carboxylic acids is 3. The lowest BCUT2D eigenvalue weighted by Gasteiger charge is -2.38.